The van der Waals surface area contributed by atoms with Gasteiger partial charge in [-0.3, -0.25) is 4.79 Å². The molecule has 0 aromatic heterocycles. The molecular formula is C21H23FN2O6S. The quantitative estimate of drug-likeness (QED) is 0.645. The van der Waals surface area contributed by atoms with Gasteiger partial charge in [0.05, 0.1) is 22.3 Å². The Balaban J connectivity index is 1.65. The van der Waals surface area contributed by atoms with Crippen LogP contribution < -0.4 is 19.5 Å². The van der Waals surface area contributed by atoms with E-state index in [4.69, 9.17) is 9.47 Å². The first-order valence-electron chi connectivity index (χ1n) is 10.0. The molecule has 1 fully saturated rings. The summed E-state index contributed by atoms with van der Waals surface area (Å²) >= 11 is 0. The number of rotatable bonds is 5. The van der Waals surface area contributed by atoms with Gasteiger partial charge in [0, 0.05) is 12.1 Å². The summed E-state index contributed by atoms with van der Waals surface area (Å²) in [7, 11) is -3.97. The zero-order valence-corrected chi connectivity index (χ0v) is 17.5. The van der Waals surface area contributed by atoms with Gasteiger partial charge in [-0.05, 0) is 43.9 Å². The van der Waals surface area contributed by atoms with Gasteiger partial charge in [0.15, 0.2) is 11.5 Å². The molecule has 2 aromatic rings. The number of aliphatic hydroxyl groups excluding tert-OH is 1. The largest absolute Gasteiger partial charge is 0.486 e. The molecule has 1 aliphatic carbocycles. The Morgan fingerprint density at radius 3 is 2.52 bits per heavy atom. The maximum Gasteiger partial charge on any atom is 0.259 e. The molecule has 8 nitrogen and oxygen atoms in total. The maximum atomic E-state index is 14.0. The van der Waals surface area contributed by atoms with Crippen LogP contribution in [0.4, 0.5) is 10.1 Å². The highest BCUT2D eigenvalue weighted by molar-refractivity contribution is 7.89. The number of carbonyl (C=O) groups is 1. The van der Waals surface area contributed by atoms with Gasteiger partial charge < -0.3 is 19.9 Å². The summed E-state index contributed by atoms with van der Waals surface area (Å²) in [6, 6.07) is 7.87. The Labute approximate surface area is 179 Å². The van der Waals surface area contributed by atoms with Crippen LogP contribution in [0, 0.1) is 5.82 Å². The molecule has 4 rings (SSSR count). The van der Waals surface area contributed by atoms with Gasteiger partial charge in [-0.1, -0.05) is 12.1 Å². The standard InChI is InChI=1S/C21H23FN2O6S/c22-17-3-1-2-4-18(17)23-21(26)16-11-15(12-19-20(16)30-10-9-29-19)31(27,28)24-13-5-7-14(25)8-6-13/h1-4,11-14,24-25H,5-10H2,(H,23,26). The van der Waals surface area contributed by atoms with Crippen molar-refractivity contribution in [3.8, 4) is 11.5 Å². The number of nitrogens with one attached hydrogen (secondary N) is 2. The number of hydrogen-bond donors (Lipinski definition) is 3. The zero-order valence-electron chi connectivity index (χ0n) is 16.6. The number of benzene rings is 2. The maximum absolute atomic E-state index is 14.0. The highest BCUT2D eigenvalue weighted by Crippen LogP contribution is 2.37. The number of halogens is 1. The van der Waals surface area contributed by atoms with E-state index < -0.39 is 27.9 Å². The van der Waals surface area contributed by atoms with Gasteiger partial charge in [-0.25, -0.2) is 17.5 Å². The number of hydrogen-bond acceptors (Lipinski definition) is 6. The Kier molecular flexibility index (Phi) is 6.12. The molecular weight excluding hydrogens is 427 g/mol. The Morgan fingerprint density at radius 1 is 1.06 bits per heavy atom. The molecule has 1 saturated carbocycles. The first-order valence-corrected chi connectivity index (χ1v) is 11.5. The van der Waals surface area contributed by atoms with Crippen LogP contribution >= 0.6 is 0 Å². The number of ether oxygens (including phenoxy) is 2. The van der Waals surface area contributed by atoms with Crippen LogP contribution in [0.25, 0.3) is 0 Å². The van der Waals surface area contributed by atoms with Crippen molar-refractivity contribution >= 4 is 21.6 Å². The Bertz CT molecular complexity index is 1080. The minimum atomic E-state index is -3.97. The summed E-state index contributed by atoms with van der Waals surface area (Å²) in [6.45, 7) is 0.403. The highest BCUT2D eigenvalue weighted by Gasteiger charge is 2.29. The molecule has 0 bridgehead atoms. The van der Waals surface area contributed by atoms with E-state index in [1.54, 1.807) is 6.07 Å². The van der Waals surface area contributed by atoms with Crippen molar-refractivity contribution in [2.75, 3.05) is 18.5 Å². The van der Waals surface area contributed by atoms with Crippen LogP contribution in [0.2, 0.25) is 0 Å². The fourth-order valence-corrected chi connectivity index (χ4v) is 5.03. The van der Waals surface area contributed by atoms with Crippen LogP contribution in [0.5, 0.6) is 11.5 Å². The third-order valence-corrected chi connectivity index (χ3v) is 6.81. The average Bonchev–Trinajstić information content (AvgIpc) is 2.76. The average molecular weight is 450 g/mol. The summed E-state index contributed by atoms with van der Waals surface area (Å²) in [5, 5.41) is 12.1. The first-order chi connectivity index (χ1) is 14.8. The van der Waals surface area contributed by atoms with Gasteiger partial charge >= 0.3 is 0 Å². The molecule has 1 amide bonds. The van der Waals surface area contributed by atoms with Gasteiger partial charge in [-0.15, -0.1) is 0 Å². The minimum Gasteiger partial charge on any atom is -0.486 e. The van der Waals surface area contributed by atoms with Gasteiger partial charge in [0.2, 0.25) is 10.0 Å². The second-order valence-electron chi connectivity index (χ2n) is 7.56. The van der Waals surface area contributed by atoms with E-state index in [0.717, 1.165) is 0 Å². The summed E-state index contributed by atoms with van der Waals surface area (Å²) < 4.78 is 53.7. The Hall–Kier alpha value is -2.69. The fourth-order valence-electron chi connectivity index (χ4n) is 3.69. The van der Waals surface area contributed by atoms with E-state index in [9.17, 15) is 22.7 Å². The number of sulfonamides is 1. The van der Waals surface area contributed by atoms with E-state index >= 15 is 0 Å². The van der Waals surface area contributed by atoms with Gasteiger partial charge in [0.1, 0.15) is 19.0 Å². The molecule has 0 atom stereocenters. The second kappa shape index (κ2) is 8.81. The molecule has 1 heterocycles. The monoisotopic (exact) mass is 450 g/mol. The summed E-state index contributed by atoms with van der Waals surface area (Å²) in [6.07, 6.45) is 1.66. The predicted molar refractivity (Wildman–Crippen MR) is 110 cm³/mol. The minimum absolute atomic E-state index is 0.0369. The molecule has 0 spiro atoms. The summed E-state index contributed by atoms with van der Waals surface area (Å²) in [5.41, 5.74) is -0.106. The number of carbonyl (C=O) groups excluding carboxylic acids is 1. The van der Waals surface area contributed by atoms with Crippen LogP contribution in [0.1, 0.15) is 36.0 Å². The lowest BCUT2D eigenvalue weighted by molar-refractivity contribution is 0.101. The first kappa shape index (κ1) is 21.5. The zero-order chi connectivity index (χ0) is 22.0. The Morgan fingerprint density at radius 2 is 1.77 bits per heavy atom. The number of aliphatic hydroxyl groups is 1. The van der Waals surface area contributed by atoms with Crippen molar-refractivity contribution in [1.82, 2.24) is 4.72 Å². The lowest BCUT2D eigenvalue weighted by Crippen LogP contribution is -2.38. The van der Waals surface area contributed by atoms with Gasteiger partial charge in [-0.2, -0.15) is 0 Å². The summed E-state index contributed by atoms with van der Waals surface area (Å²) in [5.74, 6) is -1.09. The predicted octanol–water partition coefficient (Wildman–Crippen LogP) is 2.43. The van der Waals surface area contributed by atoms with E-state index in [0.29, 0.717) is 25.7 Å². The molecule has 31 heavy (non-hydrogen) atoms. The molecule has 0 unspecified atom stereocenters. The fraction of sp³-hybridized carbons (Fsp3) is 0.381. The normalized spacial score (nSPS) is 20.8. The molecule has 2 aromatic carbocycles. The van der Waals surface area contributed by atoms with Crippen LogP contribution in [0.15, 0.2) is 41.3 Å². The third-order valence-electron chi connectivity index (χ3n) is 5.31. The number of anilines is 1. The van der Waals surface area contributed by atoms with Gasteiger partial charge in [0.25, 0.3) is 5.91 Å². The van der Waals surface area contributed by atoms with Crippen molar-refractivity contribution in [1.29, 1.82) is 0 Å². The smallest absolute Gasteiger partial charge is 0.259 e. The SMILES string of the molecule is O=C(Nc1ccccc1F)c1cc(S(=O)(=O)NC2CCC(O)CC2)cc2c1OCCO2. The van der Waals surface area contributed by atoms with Crippen molar-refractivity contribution in [2.24, 2.45) is 0 Å². The van der Waals surface area contributed by atoms with E-state index in [-0.39, 0.29) is 46.9 Å². The van der Waals surface area contributed by atoms with Crippen LogP contribution in [-0.4, -0.2) is 44.8 Å². The van der Waals surface area contributed by atoms with E-state index in [1.807, 2.05) is 0 Å². The van der Waals surface area contributed by atoms with E-state index in [1.165, 1.54) is 30.3 Å². The topological polar surface area (TPSA) is 114 Å². The lowest BCUT2D eigenvalue weighted by Gasteiger charge is -2.26. The molecule has 3 N–H and O–H groups in total. The highest BCUT2D eigenvalue weighted by atomic mass is 32.2. The van der Waals surface area contributed by atoms with Crippen molar-refractivity contribution in [3.63, 3.8) is 0 Å². The van der Waals surface area contributed by atoms with Crippen LogP contribution in [0.3, 0.4) is 0 Å². The molecule has 10 heteroatoms. The number of amides is 1. The number of fused-ring (bicyclic) bond motifs is 1. The van der Waals surface area contributed by atoms with E-state index in [2.05, 4.69) is 10.0 Å². The number of para-hydroxylation sites is 1. The summed E-state index contributed by atoms with van der Waals surface area (Å²) in [4.78, 5) is 12.7. The molecule has 0 saturated heterocycles. The van der Waals surface area contributed by atoms with Crippen molar-refractivity contribution in [3.05, 3.63) is 47.8 Å². The van der Waals surface area contributed by atoms with Crippen LogP contribution in [-0.2, 0) is 10.0 Å². The molecule has 0 radical (unpaired) electrons. The molecule has 1 aliphatic heterocycles. The van der Waals surface area contributed by atoms with Crippen molar-refractivity contribution in [2.45, 2.75) is 42.7 Å². The third kappa shape index (κ3) is 4.81. The second-order valence-corrected chi connectivity index (χ2v) is 9.27. The lowest BCUT2D eigenvalue weighted by atomic mass is 9.94. The molecule has 166 valence electrons. The molecule has 2 aliphatic rings. The van der Waals surface area contributed by atoms with Crippen molar-refractivity contribution < 1.29 is 32.2 Å².